The molecule has 1 aliphatic rings. The Labute approximate surface area is 118 Å². The second kappa shape index (κ2) is 6.42. The van der Waals surface area contributed by atoms with E-state index in [0.29, 0.717) is 6.04 Å². The second-order valence-corrected chi connectivity index (χ2v) is 6.32. The maximum absolute atomic E-state index is 5.90. The monoisotopic (exact) mass is 260 g/mol. The van der Waals surface area contributed by atoms with Gasteiger partial charge in [-0.2, -0.15) is 0 Å². The van der Waals surface area contributed by atoms with Gasteiger partial charge >= 0.3 is 0 Å². The van der Waals surface area contributed by atoms with Gasteiger partial charge in [-0.25, -0.2) is 0 Å². The molecule has 0 bridgehead atoms. The zero-order valence-corrected chi connectivity index (χ0v) is 12.6. The molecule has 2 unspecified atom stereocenters. The molecule has 1 aliphatic heterocycles. The molecule has 1 heterocycles. The Hall–Kier alpha value is -1.02. The molecule has 19 heavy (non-hydrogen) atoms. The molecule has 0 radical (unpaired) electrons. The molecule has 2 heteroatoms. The van der Waals surface area contributed by atoms with Crippen LogP contribution in [0, 0.1) is 11.8 Å². The largest absolute Gasteiger partial charge is 0.399 e. The molecule has 0 amide bonds. The van der Waals surface area contributed by atoms with Crippen LogP contribution >= 0.6 is 0 Å². The molecule has 2 nitrogen and oxygen atoms in total. The summed E-state index contributed by atoms with van der Waals surface area (Å²) in [5.74, 6) is 1.72. The van der Waals surface area contributed by atoms with Crippen molar-refractivity contribution < 1.29 is 0 Å². The van der Waals surface area contributed by atoms with Gasteiger partial charge in [0.25, 0.3) is 0 Å². The summed E-state index contributed by atoms with van der Waals surface area (Å²) in [6.45, 7) is 9.48. The van der Waals surface area contributed by atoms with E-state index in [4.69, 9.17) is 5.73 Å². The number of hydrogen-bond acceptors (Lipinski definition) is 2. The second-order valence-electron chi connectivity index (χ2n) is 6.32. The molecular weight excluding hydrogens is 232 g/mol. The molecular formula is C17H28N2. The number of likely N-dealkylation sites (tertiary alicyclic amines) is 1. The van der Waals surface area contributed by atoms with Crippen LogP contribution in [-0.2, 0) is 0 Å². The lowest BCUT2D eigenvalue weighted by molar-refractivity contribution is 0.213. The van der Waals surface area contributed by atoms with E-state index in [9.17, 15) is 0 Å². The van der Waals surface area contributed by atoms with E-state index in [0.717, 1.165) is 17.5 Å². The van der Waals surface area contributed by atoms with Gasteiger partial charge in [0.05, 0.1) is 0 Å². The van der Waals surface area contributed by atoms with E-state index < -0.39 is 0 Å². The van der Waals surface area contributed by atoms with Gasteiger partial charge in [-0.15, -0.1) is 0 Å². The lowest BCUT2D eigenvalue weighted by atomic mass is 9.89. The van der Waals surface area contributed by atoms with E-state index in [1.54, 1.807) is 0 Å². The van der Waals surface area contributed by atoms with Gasteiger partial charge in [-0.1, -0.05) is 26.0 Å². The van der Waals surface area contributed by atoms with E-state index in [-0.39, 0.29) is 0 Å². The Kier molecular flexibility index (Phi) is 4.87. The van der Waals surface area contributed by atoms with Crippen LogP contribution in [-0.4, -0.2) is 18.0 Å². The van der Waals surface area contributed by atoms with Gasteiger partial charge in [0.15, 0.2) is 0 Å². The minimum absolute atomic E-state index is 0.481. The van der Waals surface area contributed by atoms with Crippen molar-refractivity contribution in [3.63, 3.8) is 0 Å². The number of benzene rings is 1. The Morgan fingerprint density at radius 1 is 1.16 bits per heavy atom. The number of anilines is 1. The van der Waals surface area contributed by atoms with Crippen LogP contribution in [0.2, 0.25) is 0 Å². The summed E-state index contributed by atoms with van der Waals surface area (Å²) < 4.78 is 0. The van der Waals surface area contributed by atoms with Gasteiger partial charge in [0, 0.05) is 11.7 Å². The van der Waals surface area contributed by atoms with Crippen molar-refractivity contribution in [1.82, 2.24) is 4.90 Å². The van der Waals surface area contributed by atoms with Crippen LogP contribution < -0.4 is 5.73 Å². The normalized spacial score (nSPS) is 23.3. The summed E-state index contributed by atoms with van der Waals surface area (Å²) in [5.41, 5.74) is 8.12. The van der Waals surface area contributed by atoms with Crippen molar-refractivity contribution in [2.75, 3.05) is 18.8 Å². The highest BCUT2D eigenvalue weighted by atomic mass is 15.1. The highest BCUT2D eigenvalue weighted by molar-refractivity contribution is 5.41. The molecule has 2 N–H and O–H groups in total. The molecule has 1 aromatic carbocycles. The molecule has 1 aromatic rings. The first-order valence-corrected chi connectivity index (χ1v) is 7.67. The minimum atomic E-state index is 0.481. The molecule has 0 saturated carbocycles. The quantitative estimate of drug-likeness (QED) is 0.829. The average Bonchev–Trinajstić information content (AvgIpc) is 2.63. The number of nitrogen functional groups attached to an aromatic ring is 1. The molecule has 2 rings (SSSR count). The van der Waals surface area contributed by atoms with Crippen LogP contribution in [0.3, 0.4) is 0 Å². The minimum Gasteiger partial charge on any atom is -0.399 e. The predicted molar refractivity (Wildman–Crippen MR) is 83.0 cm³/mol. The molecule has 1 saturated heterocycles. The Morgan fingerprint density at radius 3 is 2.63 bits per heavy atom. The van der Waals surface area contributed by atoms with Crippen molar-refractivity contribution in [1.29, 1.82) is 0 Å². The van der Waals surface area contributed by atoms with Gasteiger partial charge < -0.3 is 5.73 Å². The smallest absolute Gasteiger partial charge is 0.0320 e. The van der Waals surface area contributed by atoms with Crippen molar-refractivity contribution in [3.05, 3.63) is 29.8 Å². The fourth-order valence-electron chi connectivity index (χ4n) is 3.23. The number of nitrogens with zero attached hydrogens (tertiary/aromatic N) is 1. The molecule has 0 spiro atoms. The van der Waals surface area contributed by atoms with Crippen LogP contribution in [0.5, 0.6) is 0 Å². The maximum atomic E-state index is 5.90. The standard InChI is InChI=1S/C17H28N2/c1-13(2)15-7-5-10-19(11-9-15)14(3)16-6-4-8-17(18)12-16/h4,6,8,12-15H,5,7,9-11,18H2,1-3H3. The third-order valence-electron chi connectivity index (χ3n) is 4.69. The van der Waals surface area contributed by atoms with Gasteiger partial charge in [0.2, 0.25) is 0 Å². The number of hydrogen-bond donors (Lipinski definition) is 1. The Balaban J connectivity index is 2.02. The number of rotatable bonds is 3. The highest BCUT2D eigenvalue weighted by Crippen LogP contribution is 2.29. The molecule has 0 aromatic heterocycles. The van der Waals surface area contributed by atoms with Crippen molar-refractivity contribution >= 4 is 5.69 Å². The summed E-state index contributed by atoms with van der Waals surface area (Å²) in [7, 11) is 0. The molecule has 1 fully saturated rings. The molecule has 106 valence electrons. The van der Waals surface area contributed by atoms with Gasteiger partial charge in [0.1, 0.15) is 0 Å². The highest BCUT2D eigenvalue weighted by Gasteiger charge is 2.22. The lowest BCUT2D eigenvalue weighted by Crippen LogP contribution is -2.28. The summed E-state index contributed by atoms with van der Waals surface area (Å²) in [4.78, 5) is 2.62. The Morgan fingerprint density at radius 2 is 1.95 bits per heavy atom. The van der Waals surface area contributed by atoms with Crippen LogP contribution in [0.25, 0.3) is 0 Å². The lowest BCUT2D eigenvalue weighted by Gasteiger charge is -2.28. The van der Waals surface area contributed by atoms with E-state index in [2.05, 4.69) is 43.9 Å². The predicted octanol–water partition coefficient (Wildman–Crippen LogP) is 4.09. The fourth-order valence-corrected chi connectivity index (χ4v) is 3.23. The van der Waals surface area contributed by atoms with E-state index in [1.165, 1.54) is 37.9 Å². The summed E-state index contributed by atoms with van der Waals surface area (Å²) in [5, 5.41) is 0. The Bertz CT molecular complexity index is 400. The first kappa shape index (κ1) is 14.4. The first-order chi connectivity index (χ1) is 9.08. The van der Waals surface area contributed by atoms with Crippen LogP contribution in [0.15, 0.2) is 24.3 Å². The molecule has 0 aliphatic carbocycles. The third-order valence-corrected chi connectivity index (χ3v) is 4.69. The van der Waals surface area contributed by atoms with E-state index in [1.807, 2.05) is 6.07 Å². The van der Waals surface area contributed by atoms with Gasteiger partial charge in [-0.05, 0) is 68.8 Å². The van der Waals surface area contributed by atoms with Crippen molar-refractivity contribution in [2.45, 2.75) is 46.1 Å². The summed E-state index contributed by atoms with van der Waals surface area (Å²) >= 11 is 0. The van der Waals surface area contributed by atoms with Gasteiger partial charge in [-0.3, -0.25) is 4.90 Å². The summed E-state index contributed by atoms with van der Waals surface area (Å²) in [6, 6.07) is 8.83. The number of nitrogens with two attached hydrogens (primary N) is 1. The van der Waals surface area contributed by atoms with Crippen LogP contribution in [0.4, 0.5) is 5.69 Å². The van der Waals surface area contributed by atoms with Crippen LogP contribution in [0.1, 0.15) is 51.6 Å². The SMILES string of the molecule is CC(C)C1CCCN(C(C)c2cccc(N)c2)CC1. The average molecular weight is 260 g/mol. The van der Waals surface area contributed by atoms with Crippen molar-refractivity contribution in [2.24, 2.45) is 11.8 Å². The third kappa shape index (κ3) is 3.73. The summed E-state index contributed by atoms with van der Waals surface area (Å²) in [6.07, 6.45) is 4.05. The van der Waals surface area contributed by atoms with E-state index >= 15 is 0 Å². The van der Waals surface area contributed by atoms with Crippen molar-refractivity contribution in [3.8, 4) is 0 Å². The maximum Gasteiger partial charge on any atom is 0.0320 e. The topological polar surface area (TPSA) is 29.3 Å². The zero-order chi connectivity index (χ0) is 13.8. The first-order valence-electron chi connectivity index (χ1n) is 7.67. The molecule has 2 atom stereocenters. The zero-order valence-electron chi connectivity index (χ0n) is 12.6. The fraction of sp³-hybridized carbons (Fsp3) is 0.647.